The zero-order valence-corrected chi connectivity index (χ0v) is 11.0. The van der Waals surface area contributed by atoms with Gasteiger partial charge in [-0.3, -0.25) is 0 Å². The van der Waals surface area contributed by atoms with Gasteiger partial charge in [0.25, 0.3) is 0 Å². The summed E-state index contributed by atoms with van der Waals surface area (Å²) in [7, 11) is 0. The lowest BCUT2D eigenvalue weighted by molar-refractivity contribution is 0.621. The standard InChI is InChI=1S/C12H24N4/c1-5-8-15(9-6-2)12-11(13)10(4)14-16(12)7-3/h5-9,13H2,1-4H3. The molecular weight excluding hydrogens is 200 g/mol. The first-order chi connectivity index (χ1) is 7.65. The van der Waals surface area contributed by atoms with Crippen molar-refractivity contribution >= 4 is 11.5 Å². The Labute approximate surface area is 98.4 Å². The van der Waals surface area contributed by atoms with E-state index in [1.807, 2.05) is 11.6 Å². The summed E-state index contributed by atoms with van der Waals surface area (Å²) in [6.45, 7) is 11.4. The molecule has 0 aliphatic rings. The lowest BCUT2D eigenvalue weighted by Gasteiger charge is -2.24. The Morgan fingerprint density at radius 3 is 2.19 bits per heavy atom. The molecule has 4 nitrogen and oxygen atoms in total. The third-order valence-electron chi connectivity index (χ3n) is 2.73. The van der Waals surface area contributed by atoms with Gasteiger partial charge in [-0.15, -0.1) is 0 Å². The minimum absolute atomic E-state index is 0.837. The minimum Gasteiger partial charge on any atom is -0.394 e. The van der Waals surface area contributed by atoms with Crippen LogP contribution in [0.1, 0.15) is 39.3 Å². The summed E-state index contributed by atoms with van der Waals surface area (Å²) in [4.78, 5) is 2.35. The van der Waals surface area contributed by atoms with Gasteiger partial charge in [0.15, 0.2) is 5.82 Å². The summed E-state index contributed by atoms with van der Waals surface area (Å²) >= 11 is 0. The normalized spacial score (nSPS) is 10.8. The number of hydrogen-bond donors (Lipinski definition) is 1. The highest BCUT2D eigenvalue weighted by molar-refractivity contribution is 5.66. The van der Waals surface area contributed by atoms with Crippen LogP contribution in [0.15, 0.2) is 0 Å². The fourth-order valence-electron chi connectivity index (χ4n) is 2.00. The molecule has 2 N–H and O–H groups in total. The van der Waals surface area contributed by atoms with Crippen LogP contribution in [0.2, 0.25) is 0 Å². The van der Waals surface area contributed by atoms with Crippen LogP contribution in [0.25, 0.3) is 0 Å². The summed E-state index contributed by atoms with van der Waals surface area (Å²) in [5, 5.41) is 4.46. The van der Waals surface area contributed by atoms with E-state index in [0.717, 1.165) is 49.7 Å². The Morgan fingerprint density at radius 2 is 1.75 bits per heavy atom. The lowest BCUT2D eigenvalue weighted by atomic mass is 10.3. The van der Waals surface area contributed by atoms with Crippen molar-refractivity contribution in [1.29, 1.82) is 0 Å². The topological polar surface area (TPSA) is 47.1 Å². The summed E-state index contributed by atoms with van der Waals surface area (Å²) in [6, 6.07) is 0. The molecule has 0 aromatic carbocycles. The summed E-state index contributed by atoms with van der Waals surface area (Å²) < 4.78 is 2.01. The van der Waals surface area contributed by atoms with E-state index in [2.05, 4.69) is 30.8 Å². The van der Waals surface area contributed by atoms with Crippen molar-refractivity contribution in [2.24, 2.45) is 0 Å². The van der Waals surface area contributed by atoms with E-state index in [-0.39, 0.29) is 0 Å². The Kier molecular flexibility index (Phi) is 4.65. The van der Waals surface area contributed by atoms with Gasteiger partial charge in [-0.1, -0.05) is 13.8 Å². The van der Waals surface area contributed by atoms with Crippen molar-refractivity contribution in [2.45, 2.75) is 47.1 Å². The van der Waals surface area contributed by atoms with Crippen LogP contribution in [0.3, 0.4) is 0 Å². The first-order valence-corrected chi connectivity index (χ1v) is 6.23. The molecule has 92 valence electrons. The number of rotatable bonds is 6. The SMILES string of the molecule is CCCN(CCC)c1c(N)c(C)nn1CC. The average molecular weight is 224 g/mol. The molecule has 0 saturated carbocycles. The molecule has 1 heterocycles. The fourth-order valence-corrected chi connectivity index (χ4v) is 2.00. The van der Waals surface area contributed by atoms with Gasteiger partial charge in [0.1, 0.15) is 0 Å². The lowest BCUT2D eigenvalue weighted by Crippen LogP contribution is -2.28. The zero-order chi connectivity index (χ0) is 12.1. The van der Waals surface area contributed by atoms with Crippen molar-refractivity contribution < 1.29 is 0 Å². The molecule has 0 amide bonds. The number of nitrogens with two attached hydrogens (primary N) is 1. The molecule has 0 unspecified atom stereocenters. The first kappa shape index (κ1) is 12.9. The molecule has 1 aromatic rings. The largest absolute Gasteiger partial charge is 0.394 e. The highest BCUT2D eigenvalue weighted by atomic mass is 15.4. The smallest absolute Gasteiger partial charge is 0.150 e. The summed E-state index contributed by atoms with van der Waals surface area (Å²) in [6.07, 6.45) is 2.26. The molecular formula is C12H24N4. The van der Waals surface area contributed by atoms with Gasteiger partial charge in [-0.05, 0) is 26.7 Å². The van der Waals surface area contributed by atoms with Gasteiger partial charge in [0.05, 0.1) is 11.4 Å². The molecule has 0 spiro atoms. The van der Waals surface area contributed by atoms with Gasteiger partial charge in [-0.25, -0.2) is 4.68 Å². The van der Waals surface area contributed by atoms with E-state index < -0.39 is 0 Å². The number of nitrogens with zero attached hydrogens (tertiary/aromatic N) is 3. The van der Waals surface area contributed by atoms with E-state index >= 15 is 0 Å². The van der Waals surface area contributed by atoms with E-state index in [9.17, 15) is 0 Å². The first-order valence-electron chi connectivity index (χ1n) is 6.23. The monoisotopic (exact) mass is 224 g/mol. The zero-order valence-electron chi connectivity index (χ0n) is 11.0. The molecule has 0 bridgehead atoms. The van der Waals surface area contributed by atoms with Crippen LogP contribution in [-0.4, -0.2) is 22.9 Å². The van der Waals surface area contributed by atoms with E-state index in [1.165, 1.54) is 0 Å². The second kappa shape index (κ2) is 5.77. The second-order valence-electron chi connectivity index (χ2n) is 4.13. The Balaban J connectivity index is 3.05. The van der Waals surface area contributed by atoms with Crippen LogP contribution in [0, 0.1) is 6.92 Å². The number of aryl methyl sites for hydroxylation is 2. The van der Waals surface area contributed by atoms with E-state index in [0.29, 0.717) is 0 Å². The number of aromatic nitrogens is 2. The van der Waals surface area contributed by atoms with Gasteiger partial charge in [0.2, 0.25) is 0 Å². The van der Waals surface area contributed by atoms with Crippen molar-refractivity contribution in [3.8, 4) is 0 Å². The predicted molar refractivity (Wildman–Crippen MR) is 69.8 cm³/mol. The quantitative estimate of drug-likeness (QED) is 0.807. The predicted octanol–water partition coefficient (Wildman–Crippen LogP) is 2.42. The van der Waals surface area contributed by atoms with E-state index in [4.69, 9.17) is 5.73 Å². The van der Waals surface area contributed by atoms with Crippen molar-refractivity contribution in [2.75, 3.05) is 23.7 Å². The number of hydrogen-bond acceptors (Lipinski definition) is 3. The summed E-state index contributed by atoms with van der Waals surface area (Å²) in [5.41, 5.74) is 7.89. The highest BCUT2D eigenvalue weighted by Crippen LogP contribution is 2.26. The molecule has 1 rings (SSSR count). The molecule has 0 saturated heterocycles. The Morgan fingerprint density at radius 1 is 1.19 bits per heavy atom. The molecule has 16 heavy (non-hydrogen) atoms. The van der Waals surface area contributed by atoms with Crippen molar-refractivity contribution in [3.05, 3.63) is 5.69 Å². The van der Waals surface area contributed by atoms with Crippen LogP contribution in [-0.2, 0) is 6.54 Å². The van der Waals surface area contributed by atoms with Gasteiger partial charge in [-0.2, -0.15) is 5.10 Å². The van der Waals surface area contributed by atoms with E-state index in [1.54, 1.807) is 0 Å². The van der Waals surface area contributed by atoms with Gasteiger partial charge >= 0.3 is 0 Å². The molecule has 0 aliphatic heterocycles. The van der Waals surface area contributed by atoms with Crippen LogP contribution in [0.5, 0.6) is 0 Å². The second-order valence-corrected chi connectivity index (χ2v) is 4.13. The Bertz CT molecular complexity index is 324. The number of nitrogen functional groups attached to an aromatic ring is 1. The van der Waals surface area contributed by atoms with Gasteiger partial charge < -0.3 is 10.6 Å². The fraction of sp³-hybridized carbons (Fsp3) is 0.750. The van der Waals surface area contributed by atoms with Crippen LogP contribution in [0.4, 0.5) is 11.5 Å². The minimum atomic E-state index is 0.837. The van der Waals surface area contributed by atoms with Gasteiger partial charge in [0, 0.05) is 19.6 Å². The third kappa shape index (κ3) is 2.49. The molecule has 0 fully saturated rings. The van der Waals surface area contributed by atoms with Crippen molar-refractivity contribution in [1.82, 2.24) is 9.78 Å². The molecule has 1 aromatic heterocycles. The van der Waals surface area contributed by atoms with Crippen molar-refractivity contribution in [3.63, 3.8) is 0 Å². The summed E-state index contributed by atoms with van der Waals surface area (Å²) in [5.74, 6) is 1.10. The maximum atomic E-state index is 6.12. The average Bonchev–Trinajstić information content (AvgIpc) is 2.55. The molecule has 0 aliphatic carbocycles. The molecule has 0 radical (unpaired) electrons. The molecule has 4 heteroatoms. The van der Waals surface area contributed by atoms with Crippen LogP contribution < -0.4 is 10.6 Å². The maximum Gasteiger partial charge on any atom is 0.150 e. The highest BCUT2D eigenvalue weighted by Gasteiger charge is 2.16. The molecule has 0 atom stereocenters. The van der Waals surface area contributed by atoms with Crippen LogP contribution >= 0.6 is 0 Å². The number of anilines is 2. The third-order valence-corrected chi connectivity index (χ3v) is 2.73. The maximum absolute atomic E-state index is 6.12. The Hall–Kier alpha value is -1.19.